The van der Waals surface area contributed by atoms with Crippen LogP contribution in [-0.2, 0) is 11.3 Å². The van der Waals surface area contributed by atoms with Gasteiger partial charge in [-0.25, -0.2) is 14.8 Å². The number of halogens is 2. The van der Waals surface area contributed by atoms with E-state index in [0.29, 0.717) is 29.0 Å². The summed E-state index contributed by atoms with van der Waals surface area (Å²) in [5.74, 6) is 1.99. The molecule has 0 aliphatic carbocycles. The fourth-order valence-corrected chi connectivity index (χ4v) is 4.70. The molecule has 2 aromatic heterocycles. The van der Waals surface area contributed by atoms with Gasteiger partial charge >= 0.3 is 6.09 Å². The minimum absolute atomic E-state index is 0.0118. The summed E-state index contributed by atoms with van der Waals surface area (Å²) in [6.45, 7) is 0.826. The molecule has 1 atom stereocenters. The van der Waals surface area contributed by atoms with Crippen molar-refractivity contribution in [2.75, 3.05) is 37.7 Å². The third-order valence-electron chi connectivity index (χ3n) is 6.49. The van der Waals surface area contributed by atoms with Gasteiger partial charge in [-0.15, -0.1) is 0 Å². The number of amides is 2. The predicted molar refractivity (Wildman–Crippen MR) is 156 cm³/mol. The molecule has 4 aromatic rings. The van der Waals surface area contributed by atoms with E-state index in [0.717, 1.165) is 5.56 Å². The molecule has 5 rings (SSSR count). The highest BCUT2D eigenvalue weighted by atomic mass is 35.5. The van der Waals surface area contributed by atoms with Crippen molar-refractivity contribution in [1.82, 2.24) is 29.7 Å². The lowest BCUT2D eigenvalue weighted by molar-refractivity contribution is -0.123. The number of hydrogen-bond acceptors (Lipinski definition) is 9. The van der Waals surface area contributed by atoms with Gasteiger partial charge < -0.3 is 29.3 Å². The fourth-order valence-electron chi connectivity index (χ4n) is 4.41. The number of piperazine rings is 1. The van der Waals surface area contributed by atoms with Crippen molar-refractivity contribution in [3.05, 3.63) is 84.0 Å². The molecular weight excluding hydrogens is 585 g/mol. The monoisotopic (exact) mass is 611 g/mol. The average molecular weight is 612 g/mol. The highest BCUT2D eigenvalue weighted by Crippen LogP contribution is 2.24. The molecule has 14 heteroatoms. The molecule has 12 nitrogen and oxygen atoms in total. The number of ether oxygens (including phenoxy) is 3. The second-order valence-electron chi connectivity index (χ2n) is 9.14. The molecule has 1 unspecified atom stereocenters. The van der Waals surface area contributed by atoms with Crippen molar-refractivity contribution in [2.45, 2.75) is 12.6 Å². The Morgan fingerprint density at radius 1 is 1.05 bits per heavy atom. The van der Waals surface area contributed by atoms with Crippen molar-refractivity contribution in [1.29, 1.82) is 0 Å². The van der Waals surface area contributed by atoms with E-state index in [-0.39, 0.29) is 43.3 Å². The molecule has 3 heterocycles. The van der Waals surface area contributed by atoms with Crippen LogP contribution in [-0.4, -0.2) is 75.3 Å². The van der Waals surface area contributed by atoms with Crippen LogP contribution in [0.4, 0.5) is 10.6 Å². The lowest BCUT2D eigenvalue weighted by Crippen LogP contribution is -2.60. The number of imidazole rings is 1. The van der Waals surface area contributed by atoms with Crippen molar-refractivity contribution < 1.29 is 23.8 Å². The quantitative estimate of drug-likeness (QED) is 0.221. The number of carbonyl (C=O) groups is 2. The molecule has 0 spiro atoms. The van der Waals surface area contributed by atoms with Gasteiger partial charge in [0.05, 0.1) is 13.7 Å². The highest BCUT2D eigenvalue weighted by Gasteiger charge is 2.36. The van der Waals surface area contributed by atoms with Crippen molar-refractivity contribution in [2.24, 2.45) is 0 Å². The molecule has 218 valence electrons. The maximum atomic E-state index is 13.7. The van der Waals surface area contributed by atoms with Crippen LogP contribution in [0.25, 0.3) is 5.95 Å². The lowest BCUT2D eigenvalue weighted by atomic mass is 10.1. The SMILES string of the molecule is COc1ccc(OC(=O)N2CCN(c3cc(Cl)nc(-n4ccnc4)n3)C(C(=O)NCc3cccc(OCCl)c3)C2)cc1. The molecule has 0 saturated carbocycles. The van der Waals surface area contributed by atoms with E-state index < -0.39 is 12.1 Å². The number of rotatable bonds is 9. The number of methoxy groups -OCH3 is 1. The van der Waals surface area contributed by atoms with Gasteiger partial charge in [0.25, 0.3) is 0 Å². The van der Waals surface area contributed by atoms with Crippen LogP contribution >= 0.6 is 23.2 Å². The number of nitrogens with one attached hydrogen (secondary N) is 1. The molecule has 1 fully saturated rings. The third-order valence-corrected chi connectivity index (χ3v) is 6.79. The second kappa shape index (κ2) is 13.4. The van der Waals surface area contributed by atoms with Gasteiger partial charge in [0.2, 0.25) is 11.9 Å². The first-order valence-corrected chi connectivity index (χ1v) is 13.8. The third kappa shape index (κ3) is 7.01. The molecule has 42 heavy (non-hydrogen) atoms. The smallest absolute Gasteiger partial charge is 0.415 e. The molecule has 0 radical (unpaired) electrons. The van der Waals surface area contributed by atoms with E-state index in [1.165, 1.54) is 4.90 Å². The number of hydrogen-bond donors (Lipinski definition) is 1. The Balaban J connectivity index is 1.37. The molecule has 1 aliphatic rings. The van der Waals surface area contributed by atoms with E-state index in [1.54, 1.807) is 77.8 Å². The van der Waals surface area contributed by atoms with E-state index in [9.17, 15) is 9.59 Å². The van der Waals surface area contributed by atoms with Crippen LogP contribution in [0.3, 0.4) is 0 Å². The van der Waals surface area contributed by atoms with Crippen LogP contribution in [0.2, 0.25) is 5.15 Å². The van der Waals surface area contributed by atoms with Crippen molar-refractivity contribution in [3.8, 4) is 23.2 Å². The van der Waals surface area contributed by atoms with Gasteiger partial charge in [-0.1, -0.05) is 35.3 Å². The Hall–Kier alpha value is -4.55. The lowest BCUT2D eigenvalue weighted by Gasteiger charge is -2.40. The number of aromatic nitrogens is 4. The largest absolute Gasteiger partial charge is 0.497 e. The van der Waals surface area contributed by atoms with Crippen LogP contribution in [0.15, 0.2) is 73.3 Å². The summed E-state index contributed by atoms with van der Waals surface area (Å²) in [5.41, 5.74) is 0.816. The molecule has 0 bridgehead atoms. The highest BCUT2D eigenvalue weighted by molar-refractivity contribution is 6.29. The number of benzene rings is 2. The summed E-state index contributed by atoms with van der Waals surface area (Å²) in [5, 5.41) is 3.16. The standard InChI is InChI=1S/C28H27Cl2N7O5/c1-40-20-5-7-21(8-6-20)42-28(39)35-11-12-37(25-14-24(30)33-27(34-25)36-10-9-31-18-36)23(16-35)26(38)32-15-19-3-2-4-22(13-19)41-17-29/h2-10,13-14,18,23H,11-12,15-17H2,1H3,(H,32,38). The van der Waals surface area contributed by atoms with Gasteiger partial charge in [0.1, 0.15) is 40.6 Å². The minimum Gasteiger partial charge on any atom is -0.497 e. The summed E-state index contributed by atoms with van der Waals surface area (Å²) >= 11 is 12.0. The Morgan fingerprint density at radius 2 is 1.86 bits per heavy atom. The van der Waals surface area contributed by atoms with E-state index in [2.05, 4.69) is 20.3 Å². The molecule has 2 aromatic carbocycles. The van der Waals surface area contributed by atoms with Crippen LogP contribution in [0, 0.1) is 0 Å². The summed E-state index contributed by atoms with van der Waals surface area (Å²) in [4.78, 5) is 43.0. The molecule has 1 N–H and O–H groups in total. The maximum Gasteiger partial charge on any atom is 0.415 e. The van der Waals surface area contributed by atoms with Crippen molar-refractivity contribution >= 4 is 41.0 Å². The number of carbonyl (C=O) groups excluding carboxylic acids is 2. The van der Waals surface area contributed by atoms with Gasteiger partial charge in [0, 0.05) is 38.1 Å². The zero-order valence-electron chi connectivity index (χ0n) is 22.5. The number of nitrogens with zero attached hydrogens (tertiary/aromatic N) is 6. The van der Waals surface area contributed by atoms with Gasteiger partial charge in [-0.2, -0.15) is 4.98 Å². The normalized spacial score (nSPS) is 14.8. The van der Waals surface area contributed by atoms with Gasteiger partial charge in [-0.3, -0.25) is 9.36 Å². The van der Waals surface area contributed by atoms with E-state index >= 15 is 0 Å². The molecule has 1 saturated heterocycles. The first-order valence-electron chi connectivity index (χ1n) is 12.9. The predicted octanol–water partition coefficient (Wildman–Crippen LogP) is 3.91. The van der Waals surface area contributed by atoms with Crippen LogP contribution < -0.4 is 24.4 Å². The van der Waals surface area contributed by atoms with E-state index in [1.807, 2.05) is 12.1 Å². The average Bonchev–Trinajstić information content (AvgIpc) is 3.55. The topological polar surface area (TPSA) is 124 Å². The summed E-state index contributed by atoms with van der Waals surface area (Å²) in [6, 6.07) is 14.7. The molecule has 1 aliphatic heterocycles. The summed E-state index contributed by atoms with van der Waals surface area (Å²) in [6.07, 6.45) is 4.26. The van der Waals surface area contributed by atoms with Gasteiger partial charge in [-0.05, 0) is 42.0 Å². The Labute approximate surface area is 251 Å². The first-order chi connectivity index (χ1) is 20.4. The Kier molecular flexibility index (Phi) is 9.25. The minimum atomic E-state index is -0.814. The maximum absolute atomic E-state index is 13.7. The Bertz CT molecular complexity index is 1520. The zero-order valence-corrected chi connectivity index (χ0v) is 24.0. The van der Waals surface area contributed by atoms with Crippen molar-refractivity contribution in [3.63, 3.8) is 0 Å². The zero-order chi connectivity index (χ0) is 29.5. The first kappa shape index (κ1) is 29.0. The summed E-state index contributed by atoms with van der Waals surface area (Å²) in [7, 11) is 1.55. The molecular formula is C28H27Cl2N7O5. The van der Waals surface area contributed by atoms with E-state index in [4.69, 9.17) is 37.4 Å². The number of alkyl halides is 1. The molecule has 2 amide bonds. The fraction of sp³-hybridized carbons (Fsp3) is 0.250. The number of anilines is 1. The van der Waals surface area contributed by atoms with Crippen LogP contribution in [0.5, 0.6) is 17.2 Å². The summed E-state index contributed by atoms with van der Waals surface area (Å²) < 4.78 is 17.7. The van der Waals surface area contributed by atoms with Crippen LogP contribution in [0.1, 0.15) is 5.56 Å². The Morgan fingerprint density at radius 3 is 2.60 bits per heavy atom. The van der Waals surface area contributed by atoms with Gasteiger partial charge in [0.15, 0.2) is 6.07 Å². The second-order valence-corrected chi connectivity index (χ2v) is 9.74.